The Morgan fingerprint density at radius 2 is 2.25 bits per heavy atom. The van der Waals surface area contributed by atoms with Crippen molar-refractivity contribution in [2.45, 2.75) is 13.0 Å². The van der Waals surface area contributed by atoms with Gasteiger partial charge in [-0.3, -0.25) is 9.59 Å². The van der Waals surface area contributed by atoms with Crippen molar-refractivity contribution >= 4 is 43.7 Å². The van der Waals surface area contributed by atoms with Crippen LogP contribution >= 0.6 is 31.9 Å². The van der Waals surface area contributed by atoms with Gasteiger partial charge in [-0.05, 0) is 41.1 Å². The number of piperazine rings is 1. The summed E-state index contributed by atoms with van der Waals surface area (Å²) in [5.74, 6) is 0.271. The van der Waals surface area contributed by atoms with E-state index in [2.05, 4.69) is 37.2 Å². The van der Waals surface area contributed by atoms with Crippen molar-refractivity contribution in [3.05, 3.63) is 27.1 Å². The molecule has 1 heterocycles. The number of carbonyl (C=O) groups is 2. The van der Waals surface area contributed by atoms with Crippen LogP contribution < -0.4 is 10.1 Å². The molecular formula is C13H14Br2N2O3. The van der Waals surface area contributed by atoms with Crippen LogP contribution in [0.2, 0.25) is 0 Å². The van der Waals surface area contributed by atoms with Crippen LogP contribution in [-0.4, -0.2) is 42.5 Å². The Morgan fingerprint density at radius 1 is 1.50 bits per heavy atom. The Kier molecular flexibility index (Phi) is 5.04. The molecular weight excluding hydrogens is 392 g/mol. The zero-order valence-corrected chi connectivity index (χ0v) is 14.0. The molecule has 2 rings (SSSR count). The van der Waals surface area contributed by atoms with Crippen LogP contribution in [0.25, 0.3) is 0 Å². The minimum absolute atomic E-state index is 0.0855. The summed E-state index contributed by atoms with van der Waals surface area (Å²) in [7, 11) is 0. The van der Waals surface area contributed by atoms with Gasteiger partial charge in [0, 0.05) is 17.6 Å². The van der Waals surface area contributed by atoms with Gasteiger partial charge >= 0.3 is 0 Å². The molecule has 0 spiro atoms. The van der Waals surface area contributed by atoms with Gasteiger partial charge in [-0.1, -0.05) is 15.9 Å². The second-order valence-corrected chi connectivity index (χ2v) is 6.19. The number of hydrogen-bond acceptors (Lipinski definition) is 3. The predicted octanol–water partition coefficient (Wildman–Crippen LogP) is 1.94. The summed E-state index contributed by atoms with van der Waals surface area (Å²) >= 11 is 6.72. The highest BCUT2D eigenvalue weighted by Gasteiger charge is 2.29. The predicted molar refractivity (Wildman–Crippen MR) is 81.5 cm³/mol. The Hall–Kier alpha value is -1.08. The smallest absolute Gasteiger partial charge is 0.261 e. The molecule has 20 heavy (non-hydrogen) atoms. The second kappa shape index (κ2) is 6.58. The average Bonchev–Trinajstić information content (AvgIpc) is 2.40. The molecule has 1 atom stereocenters. The lowest BCUT2D eigenvalue weighted by atomic mass is 10.2. The first-order chi connectivity index (χ1) is 9.49. The highest BCUT2D eigenvalue weighted by Crippen LogP contribution is 2.28. The summed E-state index contributed by atoms with van der Waals surface area (Å²) in [5.41, 5.74) is 0. The van der Waals surface area contributed by atoms with Gasteiger partial charge in [0.05, 0.1) is 4.47 Å². The quantitative estimate of drug-likeness (QED) is 0.835. The van der Waals surface area contributed by atoms with Gasteiger partial charge in [0.1, 0.15) is 11.8 Å². The van der Waals surface area contributed by atoms with Gasteiger partial charge < -0.3 is 15.0 Å². The number of benzene rings is 1. The van der Waals surface area contributed by atoms with Gasteiger partial charge in [-0.2, -0.15) is 0 Å². The molecule has 5 nitrogen and oxygen atoms in total. The molecule has 108 valence electrons. The molecule has 0 bridgehead atoms. The monoisotopic (exact) mass is 404 g/mol. The lowest BCUT2D eigenvalue weighted by Crippen LogP contribution is -2.56. The molecule has 2 amide bonds. The van der Waals surface area contributed by atoms with E-state index < -0.39 is 6.04 Å². The van der Waals surface area contributed by atoms with Crippen LogP contribution in [0.5, 0.6) is 5.75 Å². The molecule has 1 saturated heterocycles. The molecule has 1 aromatic carbocycles. The van der Waals surface area contributed by atoms with Gasteiger partial charge in [-0.25, -0.2) is 0 Å². The molecule has 0 saturated carbocycles. The van der Waals surface area contributed by atoms with Crippen molar-refractivity contribution in [2.24, 2.45) is 0 Å². The van der Waals surface area contributed by atoms with Crippen molar-refractivity contribution in [3.8, 4) is 5.75 Å². The van der Waals surface area contributed by atoms with E-state index in [9.17, 15) is 9.59 Å². The number of nitrogens with one attached hydrogen (secondary N) is 1. The standard InChI is InChI=1S/C13H14Br2N2O3/c1-8-13(19)16-4-5-17(8)12(18)7-20-11-3-2-9(14)6-10(11)15/h2-3,6,8H,4-5,7H2,1H3,(H,16,19). The fourth-order valence-electron chi connectivity index (χ4n) is 1.94. The fourth-order valence-corrected chi connectivity index (χ4v) is 3.10. The lowest BCUT2D eigenvalue weighted by molar-refractivity contribution is -0.143. The van der Waals surface area contributed by atoms with E-state index in [4.69, 9.17) is 4.74 Å². The number of ether oxygens (including phenoxy) is 1. The Labute approximate surface area is 133 Å². The topological polar surface area (TPSA) is 58.6 Å². The number of hydrogen-bond donors (Lipinski definition) is 1. The Morgan fingerprint density at radius 3 is 2.95 bits per heavy atom. The number of amides is 2. The maximum atomic E-state index is 12.1. The molecule has 1 N–H and O–H groups in total. The van der Waals surface area contributed by atoms with Crippen LogP contribution in [0.3, 0.4) is 0 Å². The summed E-state index contributed by atoms with van der Waals surface area (Å²) in [6, 6.07) is 5.00. The number of nitrogens with zero attached hydrogens (tertiary/aromatic N) is 1. The van der Waals surface area contributed by atoms with Crippen LogP contribution in [0.1, 0.15) is 6.92 Å². The molecule has 7 heteroatoms. The Bertz CT molecular complexity index is 536. The maximum absolute atomic E-state index is 12.1. The first-order valence-corrected chi connectivity index (χ1v) is 7.72. The average molecular weight is 406 g/mol. The van der Waals surface area contributed by atoms with E-state index in [1.807, 2.05) is 12.1 Å². The van der Waals surface area contributed by atoms with Gasteiger partial charge in [-0.15, -0.1) is 0 Å². The second-order valence-electron chi connectivity index (χ2n) is 4.42. The molecule has 1 aliphatic heterocycles. The van der Waals surface area contributed by atoms with Gasteiger partial charge in [0.15, 0.2) is 6.61 Å². The number of carbonyl (C=O) groups excluding carboxylic acids is 2. The third-order valence-corrected chi connectivity index (χ3v) is 4.18. The molecule has 1 fully saturated rings. The molecule has 1 unspecified atom stereocenters. The normalized spacial score (nSPS) is 18.6. The van der Waals surface area contributed by atoms with Crippen LogP contribution in [0.15, 0.2) is 27.1 Å². The largest absolute Gasteiger partial charge is 0.483 e. The third kappa shape index (κ3) is 3.52. The van der Waals surface area contributed by atoms with Crippen molar-refractivity contribution < 1.29 is 14.3 Å². The van der Waals surface area contributed by atoms with Gasteiger partial charge in [0.25, 0.3) is 5.91 Å². The summed E-state index contributed by atoms with van der Waals surface area (Å²) in [6.45, 7) is 2.62. The molecule has 0 aromatic heterocycles. The number of rotatable bonds is 3. The van der Waals surface area contributed by atoms with Crippen molar-refractivity contribution in [1.29, 1.82) is 0 Å². The summed E-state index contributed by atoms with van der Waals surface area (Å²) in [4.78, 5) is 25.2. The molecule has 1 aromatic rings. The maximum Gasteiger partial charge on any atom is 0.261 e. The van der Waals surface area contributed by atoms with Crippen molar-refractivity contribution in [2.75, 3.05) is 19.7 Å². The summed E-state index contributed by atoms with van der Waals surface area (Å²) < 4.78 is 7.19. The first kappa shape index (κ1) is 15.3. The van der Waals surface area contributed by atoms with E-state index in [1.54, 1.807) is 13.0 Å². The zero-order chi connectivity index (χ0) is 14.7. The highest BCUT2D eigenvalue weighted by atomic mass is 79.9. The SMILES string of the molecule is CC1C(=O)NCCN1C(=O)COc1ccc(Br)cc1Br. The Balaban J connectivity index is 1.96. The van der Waals surface area contributed by atoms with Gasteiger partial charge in [0.2, 0.25) is 5.91 Å². The molecule has 0 radical (unpaired) electrons. The fraction of sp³-hybridized carbons (Fsp3) is 0.385. The van der Waals surface area contributed by atoms with Crippen molar-refractivity contribution in [3.63, 3.8) is 0 Å². The zero-order valence-electron chi connectivity index (χ0n) is 10.9. The van der Waals surface area contributed by atoms with Crippen LogP contribution in [-0.2, 0) is 9.59 Å². The van der Waals surface area contributed by atoms with E-state index in [0.717, 1.165) is 8.95 Å². The number of halogens is 2. The summed E-state index contributed by atoms with van der Waals surface area (Å²) in [6.07, 6.45) is 0. The summed E-state index contributed by atoms with van der Waals surface area (Å²) in [5, 5.41) is 2.72. The molecule has 0 aliphatic carbocycles. The van der Waals surface area contributed by atoms with Crippen LogP contribution in [0.4, 0.5) is 0 Å². The van der Waals surface area contributed by atoms with E-state index in [0.29, 0.717) is 18.8 Å². The first-order valence-electron chi connectivity index (χ1n) is 6.14. The van der Waals surface area contributed by atoms with E-state index >= 15 is 0 Å². The minimum Gasteiger partial charge on any atom is -0.483 e. The van der Waals surface area contributed by atoms with Crippen molar-refractivity contribution in [1.82, 2.24) is 10.2 Å². The van der Waals surface area contributed by atoms with E-state index in [-0.39, 0.29) is 18.4 Å². The van der Waals surface area contributed by atoms with E-state index in [1.165, 1.54) is 4.90 Å². The third-order valence-electron chi connectivity index (χ3n) is 3.06. The lowest BCUT2D eigenvalue weighted by Gasteiger charge is -2.32. The van der Waals surface area contributed by atoms with Crippen LogP contribution in [0, 0.1) is 0 Å². The molecule has 1 aliphatic rings. The highest BCUT2D eigenvalue weighted by molar-refractivity contribution is 9.11. The minimum atomic E-state index is -0.451.